The van der Waals surface area contributed by atoms with Crippen LogP contribution in [-0.4, -0.2) is 29.6 Å². The molecule has 1 aliphatic rings. The van der Waals surface area contributed by atoms with Gasteiger partial charge in [0, 0.05) is 6.04 Å². The van der Waals surface area contributed by atoms with E-state index in [1.54, 1.807) is 0 Å². The van der Waals surface area contributed by atoms with Crippen molar-refractivity contribution in [1.82, 2.24) is 4.90 Å². The maximum atomic E-state index is 10.6. The molecule has 0 spiro atoms. The summed E-state index contributed by atoms with van der Waals surface area (Å²) in [6.45, 7) is 7.84. The molecular weight excluding hydrogens is 234 g/mol. The Labute approximate surface area is 117 Å². The maximum Gasteiger partial charge on any atom is 0.0948 e. The molecule has 0 amide bonds. The Hall–Kier alpha value is -0.860. The smallest absolute Gasteiger partial charge is 0.0948 e. The van der Waals surface area contributed by atoms with Crippen LogP contribution in [0.2, 0.25) is 0 Å². The van der Waals surface area contributed by atoms with Gasteiger partial charge in [0.25, 0.3) is 0 Å². The van der Waals surface area contributed by atoms with E-state index in [0.29, 0.717) is 11.8 Å². The zero-order valence-electron chi connectivity index (χ0n) is 12.6. The van der Waals surface area contributed by atoms with Crippen LogP contribution in [0.4, 0.5) is 0 Å². The minimum absolute atomic E-state index is 0.253. The molecule has 0 aliphatic heterocycles. The van der Waals surface area contributed by atoms with Gasteiger partial charge in [-0.3, -0.25) is 0 Å². The van der Waals surface area contributed by atoms with Gasteiger partial charge in [0.15, 0.2) is 0 Å². The topological polar surface area (TPSA) is 23.5 Å². The van der Waals surface area contributed by atoms with Gasteiger partial charge in [0.1, 0.15) is 0 Å². The number of fused-ring (bicyclic) bond motifs is 1. The number of hydrogen-bond donors (Lipinski definition) is 1. The van der Waals surface area contributed by atoms with E-state index in [1.807, 2.05) is 6.07 Å². The van der Waals surface area contributed by atoms with Crippen LogP contribution in [0.5, 0.6) is 0 Å². The number of aliphatic hydroxyl groups is 1. The van der Waals surface area contributed by atoms with Crippen LogP contribution in [0.3, 0.4) is 0 Å². The SMILES string of the molecule is CC(C)CCN(C)C1CC(C)c2ccccc2C1O. The highest BCUT2D eigenvalue weighted by atomic mass is 16.3. The summed E-state index contributed by atoms with van der Waals surface area (Å²) in [6, 6.07) is 8.60. The molecule has 2 heteroatoms. The van der Waals surface area contributed by atoms with E-state index in [4.69, 9.17) is 0 Å². The van der Waals surface area contributed by atoms with Gasteiger partial charge in [-0.25, -0.2) is 0 Å². The van der Waals surface area contributed by atoms with Crippen molar-refractivity contribution >= 4 is 0 Å². The van der Waals surface area contributed by atoms with Crippen molar-refractivity contribution in [3.63, 3.8) is 0 Å². The molecule has 0 saturated carbocycles. The lowest BCUT2D eigenvalue weighted by molar-refractivity contribution is 0.0428. The molecule has 3 unspecified atom stereocenters. The second kappa shape index (κ2) is 6.06. The third-order valence-corrected chi connectivity index (χ3v) is 4.43. The van der Waals surface area contributed by atoms with Crippen molar-refractivity contribution in [2.45, 2.75) is 51.7 Å². The van der Waals surface area contributed by atoms with Crippen molar-refractivity contribution in [3.8, 4) is 0 Å². The summed E-state index contributed by atoms with van der Waals surface area (Å²) >= 11 is 0. The van der Waals surface area contributed by atoms with Crippen LogP contribution in [0.15, 0.2) is 24.3 Å². The van der Waals surface area contributed by atoms with Crippen LogP contribution in [0.25, 0.3) is 0 Å². The standard InChI is InChI=1S/C17H27NO/c1-12(2)9-10-18(4)16-11-13(3)14-7-5-6-8-15(14)17(16)19/h5-8,12-13,16-17,19H,9-11H2,1-4H3. The first kappa shape index (κ1) is 14.5. The van der Waals surface area contributed by atoms with Crippen molar-refractivity contribution in [2.75, 3.05) is 13.6 Å². The molecule has 19 heavy (non-hydrogen) atoms. The Morgan fingerprint density at radius 1 is 1.26 bits per heavy atom. The lowest BCUT2D eigenvalue weighted by atomic mass is 9.79. The molecule has 2 nitrogen and oxygen atoms in total. The Morgan fingerprint density at radius 3 is 2.53 bits per heavy atom. The summed E-state index contributed by atoms with van der Waals surface area (Å²) in [4.78, 5) is 2.34. The summed E-state index contributed by atoms with van der Waals surface area (Å²) in [6.07, 6.45) is 1.90. The Bertz CT molecular complexity index is 415. The highest BCUT2D eigenvalue weighted by Gasteiger charge is 2.33. The number of rotatable bonds is 4. The summed E-state index contributed by atoms with van der Waals surface area (Å²) in [5.74, 6) is 1.25. The molecule has 0 bridgehead atoms. The Kier molecular flexibility index (Phi) is 4.64. The zero-order valence-corrected chi connectivity index (χ0v) is 12.6. The van der Waals surface area contributed by atoms with Gasteiger partial charge >= 0.3 is 0 Å². The number of nitrogens with zero attached hydrogens (tertiary/aromatic N) is 1. The van der Waals surface area contributed by atoms with E-state index < -0.39 is 0 Å². The van der Waals surface area contributed by atoms with E-state index in [1.165, 1.54) is 12.0 Å². The van der Waals surface area contributed by atoms with Gasteiger partial charge in [0.2, 0.25) is 0 Å². The molecule has 3 atom stereocenters. The lowest BCUT2D eigenvalue weighted by Crippen LogP contribution is -2.41. The minimum atomic E-state index is -0.343. The molecule has 2 rings (SSSR count). The fourth-order valence-electron chi connectivity index (χ4n) is 3.10. The molecule has 0 fully saturated rings. The molecule has 0 radical (unpaired) electrons. The van der Waals surface area contributed by atoms with Crippen molar-refractivity contribution in [2.24, 2.45) is 5.92 Å². The second-order valence-corrected chi connectivity index (χ2v) is 6.44. The zero-order chi connectivity index (χ0) is 14.0. The van der Waals surface area contributed by atoms with Gasteiger partial charge in [-0.1, -0.05) is 45.0 Å². The highest BCUT2D eigenvalue weighted by molar-refractivity contribution is 5.35. The van der Waals surface area contributed by atoms with E-state index >= 15 is 0 Å². The average Bonchev–Trinajstić information content (AvgIpc) is 2.40. The molecule has 0 heterocycles. The van der Waals surface area contributed by atoms with Gasteiger partial charge in [-0.2, -0.15) is 0 Å². The fourth-order valence-corrected chi connectivity index (χ4v) is 3.10. The Morgan fingerprint density at radius 2 is 1.89 bits per heavy atom. The van der Waals surface area contributed by atoms with Gasteiger partial charge < -0.3 is 10.0 Å². The van der Waals surface area contributed by atoms with E-state index in [9.17, 15) is 5.11 Å². The first-order valence-electron chi connectivity index (χ1n) is 7.47. The number of likely N-dealkylation sites (N-methyl/N-ethyl adjacent to an activating group) is 1. The van der Waals surface area contributed by atoms with Crippen LogP contribution in [-0.2, 0) is 0 Å². The molecule has 1 aliphatic carbocycles. The number of benzene rings is 1. The van der Waals surface area contributed by atoms with Crippen LogP contribution in [0, 0.1) is 5.92 Å². The van der Waals surface area contributed by atoms with Crippen molar-refractivity contribution in [1.29, 1.82) is 0 Å². The summed E-state index contributed by atoms with van der Waals surface area (Å²) in [5, 5.41) is 10.6. The Balaban J connectivity index is 2.13. The fraction of sp³-hybridized carbons (Fsp3) is 0.647. The molecule has 1 aromatic rings. The first-order chi connectivity index (χ1) is 9.00. The van der Waals surface area contributed by atoms with E-state index in [0.717, 1.165) is 18.5 Å². The maximum absolute atomic E-state index is 10.6. The number of aliphatic hydroxyl groups excluding tert-OH is 1. The third kappa shape index (κ3) is 3.18. The van der Waals surface area contributed by atoms with Crippen molar-refractivity contribution < 1.29 is 5.11 Å². The molecular formula is C17H27NO. The normalized spacial score (nSPS) is 26.8. The molecule has 0 saturated heterocycles. The van der Waals surface area contributed by atoms with Crippen molar-refractivity contribution in [3.05, 3.63) is 35.4 Å². The van der Waals surface area contributed by atoms with Crippen LogP contribution >= 0.6 is 0 Å². The van der Waals surface area contributed by atoms with Gasteiger partial charge in [-0.05, 0) is 49.4 Å². The molecule has 106 valence electrons. The predicted octanol–water partition coefficient (Wildman–Crippen LogP) is 3.57. The molecule has 1 aromatic carbocycles. The first-order valence-corrected chi connectivity index (χ1v) is 7.47. The summed E-state index contributed by atoms with van der Waals surface area (Å²) < 4.78 is 0. The molecule has 0 aromatic heterocycles. The van der Waals surface area contributed by atoms with Gasteiger partial charge in [0.05, 0.1) is 6.10 Å². The van der Waals surface area contributed by atoms with Gasteiger partial charge in [-0.15, -0.1) is 0 Å². The van der Waals surface area contributed by atoms with Crippen LogP contribution in [0.1, 0.15) is 56.8 Å². The largest absolute Gasteiger partial charge is 0.387 e. The average molecular weight is 261 g/mol. The summed E-state index contributed by atoms with van der Waals surface area (Å²) in [5.41, 5.74) is 2.45. The quantitative estimate of drug-likeness (QED) is 0.895. The highest BCUT2D eigenvalue weighted by Crippen LogP contribution is 2.39. The van der Waals surface area contributed by atoms with E-state index in [2.05, 4.69) is 50.9 Å². The summed E-state index contributed by atoms with van der Waals surface area (Å²) in [7, 11) is 2.15. The molecule has 1 N–H and O–H groups in total. The predicted molar refractivity (Wildman–Crippen MR) is 80.3 cm³/mol. The third-order valence-electron chi connectivity index (χ3n) is 4.43. The monoisotopic (exact) mass is 261 g/mol. The second-order valence-electron chi connectivity index (χ2n) is 6.44. The van der Waals surface area contributed by atoms with E-state index in [-0.39, 0.29) is 12.1 Å². The lowest BCUT2D eigenvalue weighted by Gasteiger charge is -2.39. The minimum Gasteiger partial charge on any atom is -0.387 e. The number of hydrogen-bond acceptors (Lipinski definition) is 2. The van der Waals surface area contributed by atoms with Crippen LogP contribution < -0.4 is 0 Å².